The topological polar surface area (TPSA) is 139 Å². The first-order chi connectivity index (χ1) is 16.9. The number of rotatable bonds is 9. The van der Waals surface area contributed by atoms with Gasteiger partial charge in [0.2, 0.25) is 5.95 Å². The average Bonchev–Trinajstić information content (AvgIpc) is 2.85. The van der Waals surface area contributed by atoms with Gasteiger partial charge in [0.05, 0.1) is 30.1 Å². The van der Waals surface area contributed by atoms with Crippen molar-refractivity contribution in [2.45, 2.75) is 20.0 Å². The smallest absolute Gasteiger partial charge is 0.347 e. The second-order valence-corrected chi connectivity index (χ2v) is 7.89. The van der Waals surface area contributed by atoms with Crippen LogP contribution in [-0.2, 0) is 9.53 Å². The van der Waals surface area contributed by atoms with Crippen molar-refractivity contribution < 1.29 is 19.0 Å². The lowest BCUT2D eigenvalue weighted by atomic mass is 10.1. The molecule has 3 aromatic rings. The van der Waals surface area contributed by atoms with Gasteiger partial charge < -0.3 is 14.2 Å². The van der Waals surface area contributed by atoms with Crippen LogP contribution in [0.25, 0.3) is 11.3 Å². The van der Waals surface area contributed by atoms with Crippen LogP contribution in [-0.4, -0.2) is 42.0 Å². The Morgan fingerprint density at radius 3 is 2.74 bits per heavy atom. The normalized spacial score (nSPS) is 11.5. The van der Waals surface area contributed by atoms with Gasteiger partial charge in [-0.3, -0.25) is 9.78 Å². The molecule has 0 aliphatic heterocycles. The number of aromatic nitrogens is 2. The maximum absolute atomic E-state index is 12.4. The fourth-order valence-corrected chi connectivity index (χ4v) is 3.57. The van der Waals surface area contributed by atoms with Gasteiger partial charge in [-0.15, -0.1) is 0 Å². The van der Waals surface area contributed by atoms with E-state index in [4.69, 9.17) is 14.2 Å². The standard InChI is InChI=1S/C24H22BrN5O5/c1-4-34-23(32)14(2)35-21-18(25)10-15(11-19(21)33-3)13-27-30-24-28-20(16-8-6-5-7-9-16)17(12-26)22(31)29-24/h5-11,13-14H,4H2,1-3H3,(H2,28,29,30,31). The summed E-state index contributed by atoms with van der Waals surface area (Å²) in [6, 6.07) is 14.2. The molecule has 0 fully saturated rings. The van der Waals surface area contributed by atoms with E-state index < -0.39 is 17.6 Å². The van der Waals surface area contributed by atoms with Gasteiger partial charge in [0.15, 0.2) is 17.6 Å². The van der Waals surface area contributed by atoms with Gasteiger partial charge in [-0.2, -0.15) is 10.4 Å². The number of anilines is 1. The molecule has 0 aliphatic rings. The molecule has 2 aromatic carbocycles. The average molecular weight is 540 g/mol. The van der Waals surface area contributed by atoms with Crippen LogP contribution < -0.4 is 20.5 Å². The van der Waals surface area contributed by atoms with E-state index in [1.54, 1.807) is 50.2 Å². The van der Waals surface area contributed by atoms with Crippen molar-refractivity contribution in [1.82, 2.24) is 9.97 Å². The van der Waals surface area contributed by atoms with E-state index in [9.17, 15) is 14.9 Å². The molecule has 0 radical (unpaired) electrons. The van der Waals surface area contributed by atoms with E-state index in [-0.39, 0.29) is 23.8 Å². The lowest BCUT2D eigenvalue weighted by Crippen LogP contribution is -2.26. The third kappa shape index (κ3) is 6.24. The predicted molar refractivity (Wildman–Crippen MR) is 134 cm³/mol. The molecule has 1 heterocycles. The first-order valence-electron chi connectivity index (χ1n) is 10.5. The molecule has 0 amide bonds. The number of hydrazone groups is 1. The van der Waals surface area contributed by atoms with E-state index in [1.165, 1.54) is 13.3 Å². The van der Waals surface area contributed by atoms with E-state index >= 15 is 0 Å². The number of methoxy groups -OCH3 is 1. The Morgan fingerprint density at radius 2 is 2.09 bits per heavy atom. The Labute approximate surface area is 209 Å². The van der Waals surface area contributed by atoms with Gasteiger partial charge in [-0.25, -0.2) is 15.2 Å². The van der Waals surface area contributed by atoms with E-state index in [1.807, 2.05) is 12.1 Å². The van der Waals surface area contributed by atoms with Gasteiger partial charge in [0.1, 0.15) is 11.6 Å². The molecule has 35 heavy (non-hydrogen) atoms. The summed E-state index contributed by atoms with van der Waals surface area (Å²) in [4.78, 5) is 31.1. The van der Waals surface area contributed by atoms with Crippen molar-refractivity contribution in [1.29, 1.82) is 5.26 Å². The molecule has 0 saturated carbocycles. The van der Waals surface area contributed by atoms with E-state index in [0.29, 0.717) is 27.1 Å². The van der Waals surface area contributed by atoms with Crippen LogP contribution >= 0.6 is 15.9 Å². The highest BCUT2D eigenvalue weighted by Crippen LogP contribution is 2.37. The van der Waals surface area contributed by atoms with Crippen molar-refractivity contribution in [3.05, 3.63) is 68.4 Å². The summed E-state index contributed by atoms with van der Waals surface area (Å²) in [7, 11) is 1.47. The van der Waals surface area contributed by atoms with Crippen LogP contribution in [0.2, 0.25) is 0 Å². The maximum atomic E-state index is 12.4. The van der Waals surface area contributed by atoms with Gasteiger partial charge in [0.25, 0.3) is 5.56 Å². The first kappa shape index (κ1) is 25.5. The number of aromatic amines is 1. The number of halogens is 1. The van der Waals surface area contributed by atoms with E-state index in [2.05, 4.69) is 36.4 Å². The van der Waals surface area contributed by atoms with Crippen molar-refractivity contribution in [2.75, 3.05) is 19.1 Å². The van der Waals surface area contributed by atoms with Gasteiger partial charge >= 0.3 is 5.97 Å². The molecule has 1 atom stereocenters. The van der Waals surface area contributed by atoms with Gasteiger partial charge in [0, 0.05) is 5.56 Å². The number of hydrogen-bond donors (Lipinski definition) is 2. The summed E-state index contributed by atoms with van der Waals surface area (Å²) in [5.74, 6) is 0.283. The fourth-order valence-electron chi connectivity index (χ4n) is 3.02. The van der Waals surface area contributed by atoms with Gasteiger partial charge in [-0.1, -0.05) is 30.3 Å². The summed E-state index contributed by atoms with van der Waals surface area (Å²) in [5.41, 5.74) is 3.50. The van der Waals surface area contributed by atoms with Crippen LogP contribution in [0.1, 0.15) is 25.0 Å². The van der Waals surface area contributed by atoms with Gasteiger partial charge in [-0.05, 0) is 47.5 Å². The Kier molecular flexibility index (Phi) is 8.58. The highest BCUT2D eigenvalue weighted by atomic mass is 79.9. The lowest BCUT2D eigenvalue weighted by Gasteiger charge is -2.17. The molecule has 0 bridgehead atoms. The second-order valence-electron chi connectivity index (χ2n) is 7.03. The highest BCUT2D eigenvalue weighted by molar-refractivity contribution is 9.10. The van der Waals surface area contributed by atoms with Crippen molar-refractivity contribution in [3.63, 3.8) is 0 Å². The number of benzene rings is 2. The minimum atomic E-state index is -0.834. The molecular weight excluding hydrogens is 518 g/mol. The summed E-state index contributed by atoms with van der Waals surface area (Å²) < 4.78 is 16.6. The number of ether oxygens (including phenoxy) is 3. The summed E-state index contributed by atoms with van der Waals surface area (Å²) >= 11 is 3.42. The summed E-state index contributed by atoms with van der Waals surface area (Å²) in [5, 5.41) is 13.5. The van der Waals surface area contributed by atoms with Crippen LogP contribution in [0.5, 0.6) is 11.5 Å². The molecule has 0 saturated heterocycles. The minimum Gasteiger partial charge on any atom is -0.493 e. The largest absolute Gasteiger partial charge is 0.493 e. The second kappa shape index (κ2) is 11.8. The molecular formula is C24H22BrN5O5. The first-order valence-corrected chi connectivity index (χ1v) is 11.3. The molecule has 11 heteroatoms. The number of esters is 1. The predicted octanol–water partition coefficient (Wildman–Crippen LogP) is 3.86. The highest BCUT2D eigenvalue weighted by Gasteiger charge is 2.20. The number of nitriles is 1. The molecule has 0 aliphatic carbocycles. The Bertz CT molecular complexity index is 1330. The summed E-state index contributed by atoms with van der Waals surface area (Å²) in [6.45, 7) is 3.55. The molecule has 0 spiro atoms. The number of nitrogens with zero attached hydrogens (tertiary/aromatic N) is 3. The number of H-pyrrole nitrogens is 1. The zero-order chi connectivity index (χ0) is 25.4. The third-order valence-corrected chi connectivity index (χ3v) is 5.22. The number of hydrogen-bond acceptors (Lipinski definition) is 9. The van der Waals surface area contributed by atoms with Crippen LogP contribution in [0, 0.1) is 11.3 Å². The summed E-state index contributed by atoms with van der Waals surface area (Å²) in [6.07, 6.45) is 0.645. The molecule has 3 rings (SSSR count). The number of carbonyl (C=O) groups is 1. The van der Waals surface area contributed by atoms with Crippen LogP contribution in [0.4, 0.5) is 5.95 Å². The monoisotopic (exact) mass is 539 g/mol. The molecule has 10 nitrogen and oxygen atoms in total. The minimum absolute atomic E-state index is 0.0679. The fraction of sp³-hybridized carbons (Fsp3) is 0.208. The van der Waals surface area contributed by atoms with Crippen LogP contribution in [0.3, 0.4) is 0 Å². The molecule has 1 aromatic heterocycles. The Balaban J connectivity index is 1.83. The SMILES string of the molecule is CCOC(=O)C(C)Oc1c(Br)cc(C=NNc2nc(-c3ccccc3)c(C#N)c(=O)[nH]2)cc1OC. The zero-order valence-corrected chi connectivity index (χ0v) is 20.8. The number of nitrogens with one attached hydrogen (secondary N) is 2. The Morgan fingerprint density at radius 1 is 1.34 bits per heavy atom. The van der Waals surface area contributed by atoms with Crippen molar-refractivity contribution in [2.24, 2.45) is 5.10 Å². The number of carbonyl (C=O) groups excluding carboxylic acids is 1. The van der Waals surface area contributed by atoms with Crippen molar-refractivity contribution in [3.8, 4) is 28.8 Å². The molecule has 1 unspecified atom stereocenters. The molecule has 2 N–H and O–H groups in total. The third-order valence-electron chi connectivity index (χ3n) is 4.63. The maximum Gasteiger partial charge on any atom is 0.347 e. The quantitative estimate of drug-likeness (QED) is 0.237. The zero-order valence-electron chi connectivity index (χ0n) is 19.2. The molecule has 180 valence electrons. The van der Waals surface area contributed by atoms with E-state index in [0.717, 1.165) is 0 Å². The van der Waals surface area contributed by atoms with Crippen molar-refractivity contribution >= 4 is 34.1 Å². The lowest BCUT2D eigenvalue weighted by molar-refractivity contribution is -0.150. The Hall–Kier alpha value is -4.17. The van der Waals surface area contributed by atoms with Crippen LogP contribution in [0.15, 0.2) is 56.8 Å².